The zero-order valence-corrected chi connectivity index (χ0v) is 44.7. The van der Waals surface area contributed by atoms with Crippen molar-refractivity contribution >= 4 is 11.9 Å². The fourth-order valence-electron chi connectivity index (χ4n) is 9.24. The quantitative estimate of drug-likeness (QED) is 0.0374. The van der Waals surface area contributed by atoms with Crippen molar-refractivity contribution in [1.29, 1.82) is 0 Å². The highest BCUT2D eigenvalue weighted by molar-refractivity contribution is 5.70. The van der Waals surface area contributed by atoms with Crippen LogP contribution in [-0.2, 0) is 19.1 Å². The molecule has 0 aromatic heterocycles. The number of carbonyl (C=O) groups excluding carboxylic acids is 2. The van der Waals surface area contributed by atoms with E-state index < -0.39 is 6.10 Å². The van der Waals surface area contributed by atoms with Gasteiger partial charge in [-0.2, -0.15) is 0 Å². The number of rotatable bonds is 56. The van der Waals surface area contributed by atoms with Crippen molar-refractivity contribution in [2.45, 2.75) is 341 Å². The van der Waals surface area contributed by atoms with Crippen LogP contribution in [0.5, 0.6) is 0 Å². The summed E-state index contributed by atoms with van der Waals surface area (Å²) in [5, 5.41) is 9.66. The molecule has 0 heterocycles. The van der Waals surface area contributed by atoms with Gasteiger partial charge >= 0.3 is 11.9 Å². The van der Waals surface area contributed by atoms with E-state index in [-0.39, 0.29) is 25.2 Å². The average molecular weight is 930 g/mol. The van der Waals surface area contributed by atoms with Gasteiger partial charge < -0.3 is 14.6 Å². The van der Waals surface area contributed by atoms with Gasteiger partial charge in [0.05, 0.1) is 6.61 Å². The van der Waals surface area contributed by atoms with Crippen molar-refractivity contribution < 1.29 is 24.2 Å². The first-order valence-corrected chi connectivity index (χ1v) is 29.9. The van der Waals surface area contributed by atoms with Gasteiger partial charge in [-0.3, -0.25) is 9.59 Å². The van der Waals surface area contributed by atoms with Crippen LogP contribution in [-0.4, -0.2) is 36.4 Å². The molecule has 0 aromatic rings. The summed E-state index contributed by atoms with van der Waals surface area (Å²) < 4.78 is 10.7. The van der Waals surface area contributed by atoms with E-state index in [1.807, 2.05) is 0 Å². The molecule has 1 atom stereocenters. The Morgan fingerprint density at radius 3 is 0.894 bits per heavy atom. The Morgan fingerprint density at radius 1 is 0.348 bits per heavy atom. The van der Waals surface area contributed by atoms with Crippen LogP contribution >= 0.6 is 0 Å². The standard InChI is InChI=1S/C61H116O5/c1-3-5-7-9-11-13-15-17-19-21-23-25-27-28-29-30-31-32-34-35-37-39-41-43-45-47-49-51-53-55-60(63)65-58-59(57-62)66-61(64)56-54-52-50-48-46-44-42-40-38-36-33-26-24-22-20-18-16-14-12-10-8-6-4-2/h16,18,22,24,59,62H,3-15,17,19-21,23,25-58H2,1-2H3/b18-16-,24-22-. The number of carbonyl (C=O) groups is 2. The largest absolute Gasteiger partial charge is 0.462 e. The minimum absolute atomic E-state index is 0.0606. The number of aliphatic hydroxyl groups is 1. The molecule has 0 bridgehead atoms. The Hall–Kier alpha value is -1.62. The van der Waals surface area contributed by atoms with E-state index in [0.717, 1.165) is 38.5 Å². The number of allylic oxidation sites excluding steroid dienone is 4. The molecule has 0 aliphatic heterocycles. The molecule has 0 amide bonds. The summed E-state index contributed by atoms with van der Waals surface area (Å²) in [6, 6.07) is 0. The number of hydrogen-bond donors (Lipinski definition) is 1. The highest BCUT2D eigenvalue weighted by Crippen LogP contribution is 2.18. The monoisotopic (exact) mass is 929 g/mol. The first-order chi connectivity index (χ1) is 32.6. The van der Waals surface area contributed by atoms with Crippen molar-refractivity contribution in [3.8, 4) is 0 Å². The lowest BCUT2D eigenvalue weighted by Gasteiger charge is -2.15. The second-order valence-corrected chi connectivity index (χ2v) is 20.4. The van der Waals surface area contributed by atoms with Crippen LogP contribution in [0.1, 0.15) is 335 Å². The molecule has 1 unspecified atom stereocenters. The van der Waals surface area contributed by atoms with E-state index in [1.165, 1.54) is 270 Å². The van der Waals surface area contributed by atoms with E-state index in [2.05, 4.69) is 38.2 Å². The maximum absolute atomic E-state index is 12.3. The van der Waals surface area contributed by atoms with Crippen molar-refractivity contribution in [2.24, 2.45) is 0 Å². The van der Waals surface area contributed by atoms with Gasteiger partial charge in [0, 0.05) is 12.8 Å². The first kappa shape index (κ1) is 64.4. The zero-order chi connectivity index (χ0) is 47.7. The number of hydrogen-bond acceptors (Lipinski definition) is 5. The summed E-state index contributed by atoms with van der Waals surface area (Å²) in [4.78, 5) is 24.5. The molecule has 1 N–H and O–H groups in total. The highest BCUT2D eigenvalue weighted by atomic mass is 16.6. The maximum Gasteiger partial charge on any atom is 0.306 e. The molecule has 0 saturated heterocycles. The molecule has 0 saturated carbocycles. The minimum atomic E-state index is -0.770. The Bertz CT molecular complexity index is 1010. The number of esters is 2. The Kier molecular flexibility index (Phi) is 56.3. The molecule has 0 aromatic carbocycles. The van der Waals surface area contributed by atoms with Gasteiger partial charge in [0.2, 0.25) is 0 Å². The summed E-state index contributed by atoms with van der Waals surface area (Å²) >= 11 is 0. The summed E-state index contributed by atoms with van der Waals surface area (Å²) in [6.45, 7) is 4.18. The molecular formula is C61H116O5. The van der Waals surface area contributed by atoms with Gasteiger partial charge in [-0.15, -0.1) is 0 Å². The molecule has 0 spiro atoms. The van der Waals surface area contributed by atoms with Gasteiger partial charge in [0.15, 0.2) is 6.10 Å². The predicted octanol–water partition coefficient (Wildman–Crippen LogP) is 20.1. The smallest absolute Gasteiger partial charge is 0.306 e. The lowest BCUT2D eigenvalue weighted by Crippen LogP contribution is -2.28. The van der Waals surface area contributed by atoms with E-state index in [9.17, 15) is 14.7 Å². The highest BCUT2D eigenvalue weighted by Gasteiger charge is 2.16. The fraction of sp³-hybridized carbons (Fsp3) is 0.902. The number of aliphatic hydroxyl groups excluding tert-OH is 1. The van der Waals surface area contributed by atoms with Crippen LogP contribution in [0.3, 0.4) is 0 Å². The van der Waals surface area contributed by atoms with Crippen molar-refractivity contribution in [3.05, 3.63) is 24.3 Å². The summed E-state index contributed by atoms with van der Waals surface area (Å²) in [5.74, 6) is -0.573. The molecule has 0 aliphatic carbocycles. The van der Waals surface area contributed by atoms with E-state index in [4.69, 9.17) is 9.47 Å². The van der Waals surface area contributed by atoms with E-state index in [1.54, 1.807) is 0 Å². The van der Waals surface area contributed by atoms with Crippen LogP contribution < -0.4 is 0 Å². The molecular weight excluding hydrogens is 813 g/mol. The van der Waals surface area contributed by atoms with Crippen LogP contribution in [0.2, 0.25) is 0 Å². The topological polar surface area (TPSA) is 72.8 Å². The maximum atomic E-state index is 12.3. The molecule has 0 aliphatic rings. The lowest BCUT2D eigenvalue weighted by molar-refractivity contribution is -0.161. The minimum Gasteiger partial charge on any atom is -0.462 e. The second-order valence-electron chi connectivity index (χ2n) is 20.4. The first-order valence-electron chi connectivity index (χ1n) is 29.9. The molecule has 0 fully saturated rings. The van der Waals surface area contributed by atoms with Gasteiger partial charge in [0.25, 0.3) is 0 Å². The van der Waals surface area contributed by atoms with Gasteiger partial charge in [0.1, 0.15) is 6.61 Å². The van der Waals surface area contributed by atoms with Crippen LogP contribution in [0.15, 0.2) is 24.3 Å². The fourth-order valence-corrected chi connectivity index (χ4v) is 9.24. The molecule has 0 rings (SSSR count). The number of ether oxygens (including phenoxy) is 2. The van der Waals surface area contributed by atoms with Crippen LogP contribution in [0, 0.1) is 0 Å². The average Bonchev–Trinajstić information content (AvgIpc) is 3.32. The molecule has 66 heavy (non-hydrogen) atoms. The van der Waals surface area contributed by atoms with Gasteiger partial charge in [-0.1, -0.05) is 301 Å². The summed E-state index contributed by atoms with van der Waals surface area (Å²) in [7, 11) is 0. The Balaban J connectivity index is 3.41. The molecule has 390 valence electrons. The summed E-state index contributed by atoms with van der Waals surface area (Å²) in [6.07, 6.45) is 73.1. The van der Waals surface area contributed by atoms with Crippen molar-refractivity contribution in [1.82, 2.24) is 0 Å². The van der Waals surface area contributed by atoms with Gasteiger partial charge in [-0.25, -0.2) is 0 Å². The van der Waals surface area contributed by atoms with Crippen molar-refractivity contribution in [3.63, 3.8) is 0 Å². The summed E-state index contributed by atoms with van der Waals surface area (Å²) in [5.41, 5.74) is 0. The zero-order valence-electron chi connectivity index (χ0n) is 44.7. The normalized spacial score (nSPS) is 12.2. The van der Waals surface area contributed by atoms with Crippen LogP contribution in [0.25, 0.3) is 0 Å². The van der Waals surface area contributed by atoms with Crippen molar-refractivity contribution in [2.75, 3.05) is 13.2 Å². The predicted molar refractivity (Wildman–Crippen MR) is 288 cm³/mol. The Morgan fingerprint density at radius 2 is 0.606 bits per heavy atom. The SMILES string of the molecule is CCCCCCC/C=C\C/C=C\CCCCCCCCCCCCCC(=O)OC(CO)COC(=O)CCCCCCCCCCCCCCCCCCCCCCCCCCCCCCC. The number of unbranched alkanes of at least 4 members (excludes halogenated alkanes) is 44. The lowest BCUT2D eigenvalue weighted by atomic mass is 10.0. The van der Waals surface area contributed by atoms with E-state index in [0.29, 0.717) is 12.8 Å². The van der Waals surface area contributed by atoms with Gasteiger partial charge in [-0.05, 0) is 44.9 Å². The molecule has 0 radical (unpaired) electrons. The Labute approximate surface area is 413 Å². The third-order valence-electron chi connectivity index (χ3n) is 13.7. The third kappa shape index (κ3) is 55.0. The van der Waals surface area contributed by atoms with Crippen LogP contribution in [0.4, 0.5) is 0 Å². The van der Waals surface area contributed by atoms with E-state index >= 15 is 0 Å². The third-order valence-corrected chi connectivity index (χ3v) is 13.7. The second kappa shape index (κ2) is 57.7. The molecule has 5 nitrogen and oxygen atoms in total. The molecule has 5 heteroatoms.